The van der Waals surface area contributed by atoms with Crippen molar-refractivity contribution in [2.45, 2.75) is 0 Å². The van der Waals surface area contributed by atoms with E-state index >= 15 is 0 Å². The molecule has 0 fully saturated rings. The third-order valence-electron chi connectivity index (χ3n) is 2.56. The summed E-state index contributed by atoms with van der Waals surface area (Å²) in [7, 11) is 0. The predicted octanol–water partition coefficient (Wildman–Crippen LogP) is 3.99. The molecule has 0 saturated carbocycles. The van der Waals surface area contributed by atoms with Crippen molar-refractivity contribution in [1.29, 1.82) is 0 Å². The number of hydrogen-bond donors (Lipinski definition) is 2. The molecule has 5 heteroatoms. The summed E-state index contributed by atoms with van der Waals surface area (Å²) < 4.78 is 12.7. The largest absolute Gasteiger partial charge is 0.506 e. The number of halogens is 2. The lowest BCUT2D eigenvalue weighted by atomic mass is 10.1. The van der Waals surface area contributed by atoms with Gasteiger partial charge in [-0.25, -0.2) is 4.39 Å². The monoisotopic (exact) mass is 291 g/mol. The van der Waals surface area contributed by atoms with Crippen LogP contribution >= 0.6 is 11.6 Å². The summed E-state index contributed by atoms with van der Waals surface area (Å²) in [6.45, 7) is 0. The second-order valence-corrected chi connectivity index (χ2v) is 4.45. The van der Waals surface area contributed by atoms with Crippen LogP contribution in [0.3, 0.4) is 0 Å². The molecule has 0 saturated heterocycles. The zero-order chi connectivity index (χ0) is 14.5. The van der Waals surface area contributed by atoms with Gasteiger partial charge in [-0.1, -0.05) is 11.6 Å². The molecule has 0 amide bonds. The SMILES string of the molecule is O=C(/C=C/Nc1cc(Cl)ccc1O)c1ccc(F)cc1. The summed E-state index contributed by atoms with van der Waals surface area (Å²) in [5, 5.41) is 12.8. The van der Waals surface area contributed by atoms with Crippen LogP contribution in [0.4, 0.5) is 10.1 Å². The predicted molar refractivity (Wildman–Crippen MR) is 76.6 cm³/mol. The molecule has 2 N–H and O–H groups in total. The number of allylic oxidation sites excluding steroid dienone is 1. The molecule has 20 heavy (non-hydrogen) atoms. The van der Waals surface area contributed by atoms with Gasteiger partial charge < -0.3 is 10.4 Å². The van der Waals surface area contributed by atoms with Gasteiger partial charge in [0.15, 0.2) is 5.78 Å². The Labute approximate surface area is 120 Å². The molecule has 3 nitrogen and oxygen atoms in total. The first-order valence-corrected chi connectivity index (χ1v) is 6.15. The van der Waals surface area contributed by atoms with Crippen LogP contribution in [-0.2, 0) is 0 Å². The average molecular weight is 292 g/mol. The summed E-state index contributed by atoms with van der Waals surface area (Å²) in [6, 6.07) is 9.77. The minimum Gasteiger partial charge on any atom is -0.506 e. The van der Waals surface area contributed by atoms with Crippen molar-refractivity contribution in [1.82, 2.24) is 0 Å². The summed E-state index contributed by atoms with van der Waals surface area (Å²) in [5.41, 5.74) is 0.764. The number of phenolic OH excluding ortho intramolecular Hbond substituents is 1. The van der Waals surface area contributed by atoms with Crippen molar-refractivity contribution in [2.24, 2.45) is 0 Å². The van der Waals surface area contributed by atoms with E-state index in [2.05, 4.69) is 5.32 Å². The van der Waals surface area contributed by atoms with Crippen molar-refractivity contribution < 1.29 is 14.3 Å². The maximum Gasteiger partial charge on any atom is 0.187 e. The molecule has 102 valence electrons. The van der Waals surface area contributed by atoms with E-state index in [0.717, 1.165) is 0 Å². The number of benzene rings is 2. The van der Waals surface area contributed by atoms with E-state index in [1.807, 2.05) is 0 Å². The molecule has 0 unspecified atom stereocenters. The number of carbonyl (C=O) groups excluding carboxylic acids is 1. The Morgan fingerprint density at radius 1 is 1.20 bits per heavy atom. The van der Waals surface area contributed by atoms with Gasteiger partial charge in [-0.15, -0.1) is 0 Å². The lowest BCUT2D eigenvalue weighted by Crippen LogP contribution is -1.96. The number of aromatic hydroxyl groups is 1. The molecule has 0 aliphatic carbocycles. The van der Waals surface area contributed by atoms with E-state index in [1.54, 1.807) is 6.07 Å². The van der Waals surface area contributed by atoms with Gasteiger partial charge >= 0.3 is 0 Å². The first-order valence-electron chi connectivity index (χ1n) is 5.78. The zero-order valence-corrected chi connectivity index (χ0v) is 11.1. The quantitative estimate of drug-likeness (QED) is 0.509. The first kappa shape index (κ1) is 14.1. The minimum atomic E-state index is -0.396. The number of hydrogen-bond acceptors (Lipinski definition) is 3. The smallest absolute Gasteiger partial charge is 0.187 e. The van der Waals surface area contributed by atoms with Crippen LogP contribution in [0, 0.1) is 5.82 Å². The highest BCUT2D eigenvalue weighted by Crippen LogP contribution is 2.26. The number of anilines is 1. The van der Waals surface area contributed by atoms with Crippen molar-refractivity contribution >= 4 is 23.1 Å². The minimum absolute atomic E-state index is 0.0216. The van der Waals surface area contributed by atoms with E-state index in [9.17, 15) is 14.3 Å². The van der Waals surface area contributed by atoms with E-state index in [-0.39, 0.29) is 11.5 Å². The molecule has 0 radical (unpaired) electrons. The lowest BCUT2D eigenvalue weighted by Gasteiger charge is -2.04. The fourth-order valence-corrected chi connectivity index (χ4v) is 1.71. The molecule has 0 aliphatic heterocycles. The van der Waals surface area contributed by atoms with Crippen molar-refractivity contribution in [3.05, 3.63) is 71.1 Å². The second-order valence-electron chi connectivity index (χ2n) is 4.01. The van der Waals surface area contributed by atoms with Crippen molar-refractivity contribution in [3.63, 3.8) is 0 Å². The Morgan fingerprint density at radius 2 is 1.90 bits per heavy atom. The molecule has 2 aromatic carbocycles. The molecular formula is C15H11ClFNO2. The molecule has 2 rings (SSSR count). The lowest BCUT2D eigenvalue weighted by molar-refractivity contribution is 0.104. The molecule has 0 heterocycles. The fourth-order valence-electron chi connectivity index (χ4n) is 1.54. The number of phenols is 1. The maximum absolute atomic E-state index is 12.7. The Bertz CT molecular complexity index is 653. The Kier molecular flexibility index (Phi) is 4.38. The fraction of sp³-hybridized carbons (Fsp3) is 0. The summed E-state index contributed by atoms with van der Waals surface area (Å²) in [6.07, 6.45) is 2.67. The molecule has 0 aromatic heterocycles. The van der Waals surface area contributed by atoms with E-state index in [4.69, 9.17) is 11.6 Å². The summed E-state index contributed by atoms with van der Waals surface area (Å²) in [4.78, 5) is 11.8. The van der Waals surface area contributed by atoms with Crippen molar-refractivity contribution in [2.75, 3.05) is 5.32 Å². The van der Waals surface area contributed by atoms with Gasteiger partial charge in [0.25, 0.3) is 0 Å². The molecule has 0 bridgehead atoms. The highest BCUT2D eigenvalue weighted by molar-refractivity contribution is 6.30. The Balaban J connectivity index is 2.04. The van der Waals surface area contributed by atoms with E-state index < -0.39 is 5.82 Å². The van der Waals surface area contributed by atoms with Crippen LogP contribution < -0.4 is 5.32 Å². The summed E-state index contributed by atoms with van der Waals surface area (Å²) in [5.74, 6) is -0.653. The van der Waals surface area contributed by atoms with Gasteiger partial charge in [-0.2, -0.15) is 0 Å². The van der Waals surface area contributed by atoms with E-state index in [1.165, 1.54) is 48.7 Å². The molecule has 2 aromatic rings. The molecule has 0 aliphatic rings. The van der Waals surface area contributed by atoms with Gasteiger partial charge in [-0.05, 0) is 42.5 Å². The van der Waals surface area contributed by atoms with E-state index in [0.29, 0.717) is 16.3 Å². The number of carbonyl (C=O) groups is 1. The van der Waals surface area contributed by atoms with Gasteiger partial charge in [-0.3, -0.25) is 4.79 Å². The van der Waals surface area contributed by atoms with Crippen LogP contribution in [-0.4, -0.2) is 10.9 Å². The molecular weight excluding hydrogens is 281 g/mol. The second kappa shape index (κ2) is 6.21. The van der Waals surface area contributed by atoms with Crippen LogP contribution in [0.2, 0.25) is 5.02 Å². The maximum atomic E-state index is 12.7. The average Bonchev–Trinajstić information content (AvgIpc) is 2.43. The molecule has 0 spiro atoms. The van der Waals surface area contributed by atoms with Crippen molar-refractivity contribution in [3.8, 4) is 5.75 Å². The van der Waals surface area contributed by atoms with Crippen LogP contribution in [0.1, 0.15) is 10.4 Å². The van der Waals surface area contributed by atoms with Gasteiger partial charge in [0, 0.05) is 22.9 Å². The zero-order valence-electron chi connectivity index (χ0n) is 10.3. The van der Waals surface area contributed by atoms with Gasteiger partial charge in [0.05, 0.1) is 5.69 Å². The van der Waals surface area contributed by atoms with Gasteiger partial charge in [0.2, 0.25) is 0 Å². The number of rotatable bonds is 4. The standard InChI is InChI=1S/C15H11ClFNO2/c16-11-3-6-15(20)13(9-11)18-8-7-14(19)10-1-4-12(17)5-2-10/h1-9,18,20H/b8-7+. The third-order valence-corrected chi connectivity index (χ3v) is 2.80. The summed E-state index contributed by atoms with van der Waals surface area (Å²) >= 11 is 5.79. The third kappa shape index (κ3) is 3.59. The van der Waals surface area contributed by atoms with Crippen LogP contribution in [0.15, 0.2) is 54.7 Å². The Morgan fingerprint density at radius 3 is 2.60 bits per heavy atom. The Hall–Kier alpha value is -2.33. The van der Waals surface area contributed by atoms with Gasteiger partial charge in [0.1, 0.15) is 11.6 Å². The number of nitrogens with one attached hydrogen (secondary N) is 1. The normalized spacial score (nSPS) is 10.7. The highest BCUT2D eigenvalue weighted by atomic mass is 35.5. The number of ketones is 1. The topological polar surface area (TPSA) is 49.3 Å². The van der Waals surface area contributed by atoms with Crippen LogP contribution in [0.25, 0.3) is 0 Å². The highest BCUT2D eigenvalue weighted by Gasteiger charge is 2.02. The first-order chi connectivity index (χ1) is 9.56. The molecule has 0 atom stereocenters. The van der Waals surface area contributed by atoms with Crippen LogP contribution in [0.5, 0.6) is 5.75 Å².